The Balaban J connectivity index is 1.59. The third-order valence-electron chi connectivity index (χ3n) is 4.14. The Morgan fingerprint density at radius 1 is 1.26 bits per heavy atom. The van der Waals surface area contributed by atoms with E-state index in [1.165, 1.54) is 0 Å². The largest absolute Gasteiger partial charge is 0.348 e. The maximum absolute atomic E-state index is 12.6. The smallest absolute Gasteiger partial charge is 0.257 e. The molecule has 23 heavy (non-hydrogen) atoms. The van der Waals surface area contributed by atoms with Gasteiger partial charge in [0, 0.05) is 37.6 Å². The number of aromatic nitrogens is 2. The number of amides is 1. The maximum atomic E-state index is 12.6. The zero-order valence-electron chi connectivity index (χ0n) is 14.3. The van der Waals surface area contributed by atoms with Crippen molar-refractivity contribution in [1.82, 2.24) is 19.6 Å². The van der Waals surface area contributed by atoms with Gasteiger partial charge in [0.2, 0.25) is 0 Å². The first-order valence-electron chi connectivity index (χ1n) is 8.15. The lowest BCUT2D eigenvalue weighted by atomic mass is 10.1. The zero-order valence-corrected chi connectivity index (χ0v) is 15.1. The van der Waals surface area contributed by atoms with E-state index in [0.29, 0.717) is 10.8 Å². The Labute approximate surface area is 141 Å². The van der Waals surface area contributed by atoms with Gasteiger partial charge in [-0.1, -0.05) is 18.7 Å². The second-order valence-corrected chi connectivity index (χ2v) is 8.58. The number of hydrogen-bond donors (Lipinski definition) is 0. The van der Waals surface area contributed by atoms with Gasteiger partial charge in [0.1, 0.15) is 0 Å². The second-order valence-electron chi connectivity index (χ2n) is 7.18. The summed E-state index contributed by atoms with van der Waals surface area (Å²) in [5.41, 5.74) is 0.570. The van der Waals surface area contributed by atoms with Crippen molar-refractivity contribution in [3.05, 3.63) is 18.0 Å². The summed E-state index contributed by atoms with van der Waals surface area (Å²) in [4.78, 5) is 21.4. The molecule has 0 radical (unpaired) electrons. The molecule has 1 amide bonds. The Morgan fingerprint density at radius 2 is 1.96 bits per heavy atom. The fourth-order valence-corrected chi connectivity index (χ4v) is 3.71. The average molecular weight is 335 g/mol. The minimum absolute atomic E-state index is 0.0783. The number of hydrogen-bond acceptors (Lipinski definition) is 5. The molecule has 0 aliphatic carbocycles. The van der Waals surface area contributed by atoms with Crippen LogP contribution in [0.15, 0.2) is 17.4 Å². The Kier molecular flexibility index (Phi) is 4.40. The molecule has 3 rings (SSSR count). The van der Waals surface area contributed by atoms with Crippen molar-refractivity contribution in [2.75, 3.05) is 32.7 Å². The van der Waals surface area contributed by atoms with Crippen LogP contribution < -0.4 is 0 Å². The van der Waals surface area contributed by atoms with Crippen molar-refractivity contribution in [2.45, 2.75) is 38.5 Å². The van der Waals surface area contributed by atoms with E-state index < -0.39 is 0 Å². The fourth-order valence-electron chi connectivity index (χ4n) is 2.72. The second kappa shape index (κ2) is 6.19. The van der Waals surface area contributed by atoms with Gasteiger partial charge in [-0.25, -0.2) is 0 Å². The Bertz CT molecular complexity index is 610. The van der Waals surface area contributed by atoms with Crippen molar-refractivity contribution in [3.63, 3.8) is 0 Å². The zero-order chi connectivity index (χ0) is 16.6. The number of carbonyl (C=O) groups excluding carboxylic acids is 1. The van der Waals surface area contributed by atoms with Gasteiger partial charge in [-0.05, 0) is 20.8 Å². The summed E-state index contributed by atoms with van der Waals surface area (Å²) in [5, 5.41) is 6.05. The van der Waals surface area contributed by atoms with Crippen LogP contribution in [0.3, 0.4) is 0 Å². The third-order valence-corrected chi connectivity index (χ3v) is 5.29. The molecular weight excluding hydrogens is 310 g/mol. The summed E-state index contributed by atoms with van der Waals surface area (Å²) in [5.74, 6) is 0.0783. The molecule has 2 aliphatic heterocycles. The highest BCUT2D eigenvalue weighted by Gasteiger charge is 2.28. The highest BCUT2D eigenvalue weighted by atomic mass is 32.2. The molecule has 1 aromatic rings. The topological polar surface area (TPSA) is 53.7 Å². The van der Waals surface area contributed by atoms with Crippen LogP contribution in [-0.4, -0.2) is 68.6 Å². The fraction of sp³-hybridized carbons (Fsp3) is 0.688. The third kappa shape index (κ3) is 3.54. The molecule has 0 saturated carbocycles. The lowest BCUT2D eigenvalue weighted by Crippen LogP contribution is -2.49. The molecule has 0 N–H and O–H groups in total. The number of carbonyl (C=O) groups is 1. The van der Waals surface area contributed by atoms with E-state index in [1.54, 1.807) is 6.20 Å². The van der Waals surface area contributed by atoms with E-state index >= 15 is 0 Å². The molecule has 2 aliphatic rings. The lowest BCUT2D eigenvalue weighted by Gasteiger charge is -2.35. The number of piperazine rings is 1. The first kappa shape index (κ1) is 16.4. The molecule has 0 spiro atoms. The van der Waals surface area contributed by atoms with Crippen LogP contribution in [0.4, 0.5) is 0 Å². The summed E-state index contributed by atoms with van der Waals surface area (Å²) in [7, 11) is 0. The van der Waals surface area contributed by atoms with Gasteiger partial charge in [0.25, 0.3) is 5.91 Å². The molecule has 0 aromatic carbocycles. The summed E-state index contributed by atoms with van der Waals surface area (Å²) >= 11 is 1.84. The molecule has 1 fully saturated rings. The maximum Gasteiger partial charge on any atom is 0.257 e. The van der Waals surface area contributed by atoms with Crippen molar-refractivity contribution < 1.29 is 4.79 Å². The Hall–Kier alpha value is -1.50. The molecule has 1 saturated heterocycles. The molecule has 1 unspecified atom stereocenters. The van der Waals surface area contributed by atoms with E-state index in [0.717, 1.165) is 37.9 Å². The molecule has 1 aromatic heterocycles. The van der Waals surface area contributed by atoms with Crippen molar-refractivity contribution in [1.29, 1.82) is 0 Å². The minimum atomic E-state index is -0.105. The van der Waals surface area contributed by atoms with E-state index in [2.05, 4.69) is 42.7 Å². The van der Waals surface area contributed by atoms with Crippen LogP contribution in [0.5, 0.6) is 0 Å². The van der Waals surface area contributed by atoms with Crippen LogP contribution in [-0.2, 0) is 5.54 Å². The normalized spacial score (nSPS) is 22.4. The SMILES string of the molecule is CC1CN=C(N2CCN(C(=O)c3cnn(C(C)(C)C)c3)CC2)S1. The number of rotatable bonds is 1. The van der Waals surface area contributed by atoms with Gasteiger partial charge < -0.3 is 9.80 Å². The molecule has 3 heterocycles. The average Bonchev–Trinajstić information content (AvgIpc) is 3.15. The molecular formula is C16H25N5OS. The predicted octanol–water partition coefficient (Wildman–Crippen LogP) is 1.89. The summed E-state index contributed by atoms with van der Waals surface area (Å²) in [6.07, 6.45) is 3.53. The predicted molar refractivity (Wildman–Crippen MR) is 94.1 cm³/mol. The standard InChI is InChI=1S/C16H25N5OS/c1-12-9-17-15(23-12)20-7-5-19(6-8-20)14(22)13-10-18-21(11-13)16(2,3)4/h10-12H,5-9H2,1-4H3. The van der Waals surface area contributed by atoms with Crippen LogP contribution in [0.1, 0.15) is 38.1 Å². The van der Waals surface area contributed by atoms with Crippen molar-refractivity contribution in [2.24, 2.45) is 4.99 Å². The lowest BCUT2D eigenvalue weighted by molar-refractivity contribution is 0.0693. The highest BCUT2D eigenvalue weighted by Crippen LogP contribution is 2.24. The summed E-state index contributed by atoms with van der Waals surface area (Å²) < 4.78 is 1.85. The molecule has 1 atom stereocenters. The van der Waals surface area contributed by atoms with Gasteiger partial charge >= 0.3 is 0 Å². The highest BCUT2D eigenvalue weighted by molar-refractivity contribution is 8.14. The van der Waals surface area contributed by atoms with Crippen molar-refractivity contribution in [3.8, 4) is 0 Å². The molecule has 6 nitrogen and oxygen atoms in total. The number of thioether (sulfide) groups is 1. The van der Waals surface area contributed by atoms with Gasteiger partial charge in [-0.15, -0.1) is 0 Å². The van der Waals surface area contributed by atoms with Gasteiger partial charge in [0.05, 0.1) is 23.8 Å². The van der Waals surface area contributed by atoms with E-state index in [9.17, 15) is 4.79 Å². The van der Waals surface area contributed by atoms with E-state index in [-0.39, 0.29) is 11.4 Å². The quantitative estimate of drug-likeness (QED) is 0.786. The van der Waals surface area contributed by atoms with Crippen LogP contribution in [0.2, 0.25) is 0 Å². The van der Waals surface area contributed by atoms with Gasteiger partial charge in [-0.2, -0.15) is 5.10 Å². The minimum Gasteiger partial charge on any atom is -0.348 e. The summed E-state index contributed by atoms with van der Waals surface area (Å²) in [6.45, 7) is 12.5. The number of nitrogens with zero attached hydrogens (tertiary/aromatic N) is 5. The van der Waals surface area contributed by atoms with Gasteiger partial charge in [0.15, 0.2) is 5.17 Å². The number of aliphatic imine (C=N–C) groups is 1. The molecule has 7 heteroatoms. The Morgan fingerprint density at radius 3 is 2.48 bits per heavy atom. The first-order valence-corrected chi connectivity index (χ1v) is 9.03. The molecule has 126 valence electrons. The van der Waals surface area contributed by atoms with Crippen molar-refractivity contribution >= 4 is 22.8 Å². The van der Waals surface area contributed by atoms with Crippen LogP contribution in [0, 0.1) is 0 Å². The van der Waals surface area contributed by atoms with Crippen LogP contribution >= 0.6 is 11.8 Å². The number of amidine groups is 1. The first-order chi connectivity index (χ1) is 10.8. The van der Waals surface area contributed by atoms with E-state index in [1.807, 2.05) is 27.5 Å². The van der Waals surface area contributed by atoms with Gasteiger partial charge in [-0.3, -0.25) is 14.5 Å². The summed E-state index contributed by atoms with van der Waals surface area (Å²) in [6, 6.07) is 0. The monoisotopic (exact) mass is 335 g/mol. The van der Waals surface area contributed by atoms with E-state index in [4.69, 9.17) is 0 Å². The molecule has 0 bridgehead atoms. The van der Waals surface area contributed by atoms with Crippen LogP contribution in [0.25, 0.3) is 0 Å².